The molecule has 1 atom stereocenters. The number of benzene rings is 1. The molecule has 21 heavy (non-hydrogen) atoms. The zero-order valence-electron chi connectivity index (χ0n) is 13.5. The number of carbonyl (C=O) groups is 1. The van der Waals surface area contributed by atoms with E-state index in [1.165, 1.54) is 0 Å². The van der Waals surface area contributed by atoms with Gasteiger partial charge in [-0.3, -0.25) is 4.79 Å². The van der Waals surface area contributed by atoms with Crippen molar-refractivity contribution in [1.82, 2.24) is 10.2 Å². The van der Waals surface area contributed by atoms with Crippen LogP contribution in [0.1, 0.15) is 44.7 Å². The highest BCUT2D eigenvalue weighted by Gasteiger charge is 2.19. The normalized spacial score (nSPS) is 12.7. The van der Waals surface area contributed by atoms with Crippen molar-refractivity contribution in [3.63, 3.8) is 0 Å². The first-order chi connectivity index (χ1) is 9.97. The Morgan fingerprint density at radius 1 is 1.19 bits per heavy atom. The summed E-state index contributed by atoms with van der Waals surface area (Å²) in [4.78, 5) is 14.5. The van der Waals surface area contributed by atoms with Crippen LogP contribution in [-0.2, 0) is 4.79 Å². The molecule has 0 radical (unpaired) electrons. The third-order valence-corrected chi connectivity index (χ3v) is 4.06. The first-order valence-electron chi connectivity index (χ1n) is 7.68. The third-order valence-electron chi connectivity index (χ3n) is 3.81. The van der Waals surface area contributed by atoms with Crippen molar-refractivity contribution in [1.29, 1.82) is 0 Å². The molecule has 3 nitrogen and oxygen atoms in total. The summed E-state index contributed by atoms with van der Waals surface area (Å²) in [6.45, 7) is 5.05. The van der Waals surface area contributed by atoms with Crippen LogP contribution in [-0.4, -0.2) is 31.4 Å². The Hall–Kier alpha value is -1.06. The van der Waals surface area contributed by atoms with Crippen LogP contribution in [0.5, 0.6) is 0 Å². The predicted molar refractivity (Wildman–Crippen MR) is 89.6 cm³/mol. The summed E-state index contributed by atoms with van der Waals surface area (Å²) in [5.41, 5.74) is 1.11. The standard InChI is InChI=1S/C17H27ClN2O/c1-5-13(6-2)17(21)19-16(11-12-20(3)4)14-7-9-15(18)10-8-14/h7-10,13,16H,5-6,11-12H2,1-4H3,(H,19,21). The Morgan fingerprint density at radius 3 is 2.24 bits per heavy atom. The number of nitrogens with one attached hydrogen (secondary N) is 1. The molecule has 0 spiro atoms. The van der Waals surface area contributed by atoms with Gasteiger partial charge in [-0.1, -0.05) is 37.6 Å². The van der Waals surface area contributed by atoms with E-state index in [2.05, 4.69) is 24.1 Å². The van der Waals surface area contributed by atoms with Crippen molar-refractivity contribution in [3.8, 4) is 0 Å². The molecule has 1 amide bonds. The molecule has 1 unspecified atom stereocenters. The lowest BCUT2D eigenvalue weighted by Crippen LogP contribution is -2.35. The first-order valence-corrected chi connectivity index (χ1v) is 8.06. The van der Waals surface area contributed by atoms with Crippen molar-refractivity contribution >= 4 is 17.5 Å². The molecule has 0 bridgehead atoms. The zero-order chi connectivity index (χ0) is 15.8. The summed E-state index contributed by atoms with van der Waals surface area (Å²) in [7, 11) is 4.09. The lowest BCUT2D eigenvalue weighted by Gasteiger charge is -2.23. The highest BCUT2D eigenvalue weighted by molar-refractivity contribution is 6.30. The lowest BCUT2D eigenvalue weighted by molar-refractivity contribution is -0.126. The fourth-order valence-electron chi connectivity index (χ4n) is 2.35. The number of hydrogen-bond donors (Lipinski definition) is 1. The molecule has 1 rings (SSSR count). The van der Waals surface area contributed by atoms with E-state index >= 15 is 0 Å². The SMILES string of the molecule is CCC(CC)C(=O)NC(CCN(C)C)c1ccc(Cl)cc1. The molecule has 0 saturated carbocycles. The first kappa shape index (κ1) is 18.0. The summed E-state index contributed by atoms with van der Waals surface area (Å²) < 4.78 is 0. The van der Waals surface area contributed by atoms with E-state index in [-0.39, 0.29) is 17.9 Å². The van der Waals surface area contributed by atoms with Crippen molar-refractivity contribution in [2.45, 2.75) is 39.2 Å². The maximum atomic E-state index is 12.3. The second kappa shape index (κ2) is 9.06. The molecular weight excluding hydrogens is 284 g/mol. The monoisotopic (exact) mass is 310 g/mol. The quantitative estimate of drug-likeness (QED) is 0.790. The van der Waals surface area contributed by atoms with Gasteiger partial charge in [-0.05, 0) is 57.6 Å². The van der Waals surface area contributed by atoms with Gasteiger partial charge in [0.05, 0.1) is 6.04 Å². The van der Waals surface area contributed by atoms with Crippen molar-refractivity contribution in [2.24, 2.45) is 5.92 Å². The van der Waals surface area contributed by atoms with E-state index in [0.717, 1.165) is 36.4 Å². The summed E-state index contributed by atoms with van der Waals surface area (Å²) in [6, 6.07) is 7.79. The molecular formula is C17H27ClN2O. The Kier molecular flexibility index (Phi) is 7.76. The van der Waals surface area contributed by atoms with Gasteiger partial charge >= 0.3 is 0 Å². The Balaban J connectivity index is 2.81. The highest BCUT2D eigenvalue weighted by Crippen LogP contribution is 2.21. The second-order valence-electron chi connectivity index (χ2n) is 5.72. The van der Waals surface area contributed by atoms with Gasteiger partial charge in [0.15, 0.2) is 0 Å². The van der Waals surface area contributed by atoms with E-state index in [4.69, 9.17) is 11.6 Å². The smallest absolute Gasteiger partial charge is 0.223 e. The molecule has 4 heteroatoms. The van der Waals surface area contributed by atoms with Gasteiger partial charge < -0.3 is 10.2 Å². The number of amides is 1. The maximum Gasteiger partial charge on any atom is 0.223 e. The number of halogens is 1. The summed E-state index contributed by atoms with van der Waals surface area (Å²) in [6.07, 6.45) is 2.65. The van der Waals surface area contributed by atoms with Crippen LogP contribution in [0.2, 0.25) is 5.02 Å². The maximum absolute atomic E-state index is 12.3. The molecule has 0 aliphatic rings. The Morgan fingerprint density at radius 2 is 1.76 bits per heavy atom. The average Bonchev–Trinajstić information content (AvgIpc) is 2.45. The van der Waals surface area contributed by atoms with Crippen molar-refractivity contribution in [2.75, 3.05) is 20.6 Å². The van der Waals surface area contributed by atoms with Crippen LogP contribution in [0.3, 0.4) is 0 Å². The summed E-state index contributed by atoms with van der Waals surface area (Å²) in [5, 5.41) is 3.92. The van der Waals surface area contributed by atoms with E-state index in [0.29, 0.717) is 0 Å². The molecule has 1 aromatic rings. The summed E-state index contributed by atoms with van der Waals surface area (Å²) in [5.74, 6) is 0.248. The largest absolute Gasteiger partial charge is 0.349 e. The van der Waals surface area contributed by atoms with Gasteiger partial charge in [0.2, 0.25) is 5.91 Å². The second-order valence-corrected chi connectivity index (χ2v) is 6.15. The van der Waals surface area contributed by atoms with Gasteiger partial charge in [0.25, 0.3) is 0 Å². The number of hydrogen-bond acceptors (Lipinski definition) is 2. The van der Waals surface area contributed by atoms with E-state index in [9.17, 15) is 4.79 Å². The molecule has 0 aromatic heterocycles. The van der Waals surface area contributed by atoms with Gasteiger partial charge in [0, 0.05) is 10.9 Å². The van der Waals surface area contributed by atoms with Crippen LogP contribution < -0.4 is 5.32 Å². The molecule has 0 heterocycles. The number of nitrogens with zero attached hydrogens (tertiary/aromatic N) is 1. The summed E-state index contributed by atoms with van der Waals surface area (Å²) >= 11 is 5.95. The van der Waals surface area contributed by atoms with Gasteiger partial charge in [0.1, 0.15) is 0 Å². The number of rotatable bonds is 8. The third kappa shape index (κ3) is 6.06. The zero-order valence-corrected chi connectivity index (χ0v) is 14.3. The molecule has 0 saturated heterocycles. The minimum absolute atomic E-state index is 0.0396. The molecule has 0 aliphatic carbocycles. The molecule has 0 aliphatic heterocycles. The Bertz CT molecular complexity index is 427. The van der Waals surface area contributed by atoms with Crippen molar-refractivity contribution < 1.29 is 4.79 Å². The molecule has 1 aromatic carbocycles. The fraction of sp³-hybridized carbons (Fsp3) is 0.588. The van der Waals surface area contributed by atoms with Crippen molar-refractivity contribution in [3.05, 3.63) is 34.9 Å². The highest BCUT2D eigenvalue weighted by atomic mass is 35.5. The molecule has 118 valence electrons. The van der Waals surface area contributed by atoms with Gasteiger partial charge in [-0.25, -0.2) is 0 Å². The minimum atomic E-state index is 0.0396. The van der Waals surface area contributed by atoms with E-state index < -0.39 is 0 Å². The van der Waals surface area contributed by atoms with Gasteiger partial charge in [-0.2, -0.15) is 0 Å². The van der Waals surface area contributed by atoms with Gasteiger partial charge in [-0.15, -0.1) is 0 Å². The average molecular weight is 311 g/mol. The van der Waals surface area contributed by atoms with Crippen LogP contribution in [0.25, 0.3) is 0 Å². The van der Waals surface area contributed by atoms with Crippen LogP contribution in [0.15, 0.2) is 24.3 Å². The molecule has 1 N–H and O–H groups in total. The lowest BCUT2D eigenvalue weighted by atomic mass is 9.99. The van der Waals surface area contributed by atoms with Crippen LogP contribution in [0.4, 0.5) is 0 Å². The fourth-order valence-corrected chi connectivity index (χ4v) is 2.48. The van der Waals surface area contributed by atoms with E-state index in [1.54, 1.807) is 0 Å². The minimum Gasteiger partial charge on any atom is -0.349 e. The van der Waals surface area contributed by atoms with Crippen LogP contribution >= 0.6 is 11.6 Å². The van der Waals surface area contributed by atoms with Crippen LogP contribution in [0, 0.1) is 5.92 Å². The molecule has 0 fully saturated rings. The predicted octanol–water partition coefficient (Wildman–Crippen LogP) is 3.89. The topological polar surface area (TPSA) is 32.3 Å². The Labute approximate surface area is 133 Å². The van der Waals surface area contributed by atoms with E-state index in [1.807, 2.05) is 38.4 Å². The number of carbonyl (C=O) groups excluding carboxylic acids is 1.